The molecule has 0 aliphatic carbocycles. The number of hydrogen-bond donors (Lipinski definition) is 0. The van der Waals surface area contributed by atoms with Gasteiger partial charge < -0.3 is 9.80 Å². The molecular weight excluding hydrogens is 200 g/mol. The highest BCUT2D eigenvalue weighted by Gasteiger charge is 2.07. The number of aldehydes is 1. The fraction of sp³-hybridized carbons (Fsp3) is 0.769. The first kappa shape index (κ1) is 15.2. The molecule has 0 rings (SSSR count). The third kappa shape index (κ3) is 5.31. The molecule has 3 nitrogen and oxygen atoms in total. The van der Waals surface area contributed by atoms with Crippen LogP contribution < -0.4 is 0 Å². The van der Waals surface area contributed by atoms with Crippen LogP contribution in [0.4, 0.5) is 0 Å². The van der Waals surface area contributed by atoms with Gasteiger partial charge in [0.15, 0.2) is 0 Å². The Morgan fingerprint density at radius 2 is 1.56 bits per heavy atom. The Morgan fingerprint density at radius 1 is 1.00 bits per heavy atom. The zero-order chi connectivity index (χ0) is 12.4. The van der Waals surface area contributed by atoms with E-state index in [1.807, 2.05) is 0 Å². The van der Waals surface area contributed by atoms with Crippen LogP contribution in [0, 0.1) is 0 Å². The Bertz CT molecular complexity index is 206. The molecule has 16 heavy (non-hydrogen) atoms. The zero-order valence-corrected chi connectivity index (χ0v) is 11.2. The topological polar surface area (TPSA) is 23.6 Å². The van der Waals surface area contributed by atoms with Gasteiger partial charge >= 0.3 is 0 Å². The van der Waals surface area contributed by atoms with Crippen LogP contribution in [0.25, 0.3) is 0 Å². The first-order chi connectivity index (χ1) is 7.73. The molecule has 0 aromatic carbocycles. The normalized spacial score (nSPS) is 11.9. The zero-order valence-electron chi connectivity index (χ0n) is 11.2. The molecule has 0 aliphatic heterocycles. The predicted octanol–water partition coefficient (Wildman–Crippen LogP) is 2.14. The van der Waals surface area contributed by atoms with Crippen LogP contribution in [0.2, 0.25) is 0 Å². The molecule has 0 aromatic heterocycles. The summed E-state index contributed by atoms with van der Waals surface area (Å²) < 4.78 is 0. The molecule has 0 spiro atoms. The van der Waals surface area contributed by atoms with E-state index >= 15 is 0 Å². The molecule has 0 radical (unpaired) electrons. The standard InChI is InChI=1S/C13H26N2O/c1-5-14(6-2)11-9-13(10-12-16)15(7-3)8-4/h10,12H,5-9,11H2,1-4H3/b13-10-. The Morgan fingerprint density at radius 3 is 1.94 bits per heavy atom. The van der Waals surface area contributed by atoms with Gasteiger partial charge in [-0.25, -0.2) is 0 Å². The summed E-state index contributed by atoms with van der Waals surface area (Å²) in [6, 6.07) is 0. The minimum Gasteiger partial charge on any atom is -0.375 e. The highest BCUT2D eigenvalue weighted by Crippen LogP contribution is 2.09. The Balaban J connectivity index is 4.34. The summed E-state index contributed by atoms with van der Waals surface area (Å²) in [5.74, 6) is 0. The van der Waals surface area contributed by atoms with E-state index in [2.05, 4.69) is 37.5 Å². The molecule has 0 bridgehead atoms. The highest BCUT2D eigenvalue weighted by atomic mass is 16.1. The maximum Gasteiger partial charge on any atom is 0.144 e. The van der Waals surface area contributed by atoms with Crippen molar-refractivity contribution >= 4 is 6.29 Å². The number of carbonyl (C=O) groups is 1. The number of hydrogen-bond acceptors (Lipinski definition) is 3. The molecule has 0 atom stereocenters. The molecule has 0 fully saturated rings. The van der Waals surface area contributed by atoms with Gasteiger partial charge in [-0.05, 0) is 33.0 Å². The molecule has 0 saturated carbocycles. The molecule has 0 aliphatic rings. The van der Waals surface area contributed by atoms with E-state index in [1.165, 1.54) is 0 Å². The van der Waals surface area contributed by atoms with E-state index in [0.29, 0.717) is 0 Å². The fourth-order valence-electron chi connectivity index (χ4n) is 1.87. The maximum atomic E-state index is 10.6. The van der Waals surface area contributed by atoms with E-state index in [4.69, 9.17) is 0 Å². The van der Waals surface area contributed by atoms with E-state index < -0.39 is 0 Å². The molecule has 94 valence electrons. The van der Waals surface area contributed by atoms with Gasteiger partial charge in [-0.3, -0.25) is 4.79 Å². The number of rotatable bonds is 9. The predicted molar refractivity (Wildman–Crippen MR) is 69.5 cm³/mol. The SMILES string of the molecule is CCN(CC)CC/C(=C/C=O)N(CC)CC. The van der Waals surface area contributed by atoms with Gasteiger partial charge in [-0.2, -0.15) is 0 Å². The van der Waals surface area contributed by atoms with Crippen LogP contribution >= 0.6 is 0 Å². The second-order valence-corrected chi connectivity index (χ2v) is 3.74. The monoisotopic (exact) mass is 226 g/mol. The van der Waals surface area contributed by atoms with Gasteiger partial charge in [-0.1, -0.05) is 13.8 Å². The molecule has 0 amide bonds. The molecule has 0 saturated heterocycles. The van der Waals surface area contributed by atoms with Crippen LogP contribution in [0.3, 0.4) is 0 Å². The third-order valence-corrected chi connectivity index (χ3v) is 3.01. The molecule has 0 unspecified atom stereocenters. The lowest BCUT2D eigenvalue weighted by Gasteiger charge is -2.26. The van der Waals surface area contributed by atoms with Crippen molar-refractivity contribution in [3.63, 3.8) is 0 Å². The largest absolute Gasteiger partial charge is 0.375 e. The van der Waals surface area contributed by atoms with Crippen molar-refractivity contribution in [1.82, 2.24) is 9.80 Å². The van der Waals surface area contributed by atoms with E-state index in [1.54, 1.807) is 6.08 Å². The van der Waals surface area contributed by atoms with Gasteiger partial charge in [0.05, 0.1) is 0 Å². The van der Waals surface area contributed by atoms with Crippen LogP contribution in [0.15, 0.2) is 11.8 Å². The van der Waals surface area contributed by atoms with Gasteiger partial charge in [0, 0.05) is 31.8 Å². The molecule has 3 heteroatoms. The lowest BCUT2D eigenvalue weighted by Crippen LogP contribution is -2.28. The van der Waals surface area contributed by atoms with E-state index in [9.17, 15) is 4.79 Å². The average molecular weight is 226 g/mol. The van der Waals surface area contributed by atoms with Crippen molar-refractivity contribution in [3.05, 3.63) is 11.8 Å². The van der Waals surface area contributed by atoms with Gasteiger partial charge in [0.2, 0.25) is 0 Å². The average Bonchev–Trinajstić information content (AvgIpc) is 2.31. The second-order valence-electron chi connectivity index (χ2n) is 3.74. The highest BCUT2D eigenvalue weighted by molar-refractivity contribution is 5.65. The third-order valence-electron chi connectivity index (χ3n) is 3.01. The lowest BCUT2D eigenvalue weighted by molar-refractivity contribution is -0.104. The minimum absolute atomic E-state index is 0.899. The number of nitrogens with zero attached hydrogens (tertiary/aromatic N) is 2. The Hall–Kier alpha value is -0.830. The number of allylic oxidation sites excluding steroid dienone is 1. The van der Waals surface area contributed by atoms with Crippen molar-refractivity contribution in [2.24, 2.45) is 0 Å². The van der Waals surface area contributed by atoms with Crippen LogP contribution in [-0.4, -0.2) is 48.8 Å². The number of carbonyl (C=O) groups excluding carboxylic acids is 1. The van der Waals surface area contributed by atoms with E-state index in [0.717, 1.165) is 51.1 Å². The van der Waals surface area contributed by atoms with Gasteiger partial charge in [0.1, 0.15) is 6.29 Å². The Kier molecular flexibility index (Phi) is 8.91. The summed E-state index contributed by atoms with van der Waals surface area (Å²) >= 11 is 0. The lowest BCUT2D eigenvalue weighted by atomic mass is 10.2. The van der Waals surface area contributed by atoms with Crippen molar-refractivity contribution < 1.29 is 4.79 Å². The van der Waals surface area contributed by atoms with Crippen LogP contribution in [0.5, 0.6) is 0 Å². The molecular formula is C13H26N2O. The molecule has 0 aromatic rings. The molecule has 0 heterocycles. The first-order valence-corrected chi connectivity index (χ1v) is 6.34. The van der Waals surface area contributed by atoms with Crippen LogP contribution in [0.1, 0.15) is 34.1 Å². The summed E-state index contributed by atoms with van der Waals surface area (Å²) in [4.78, 5) is 15.2. The van der Waals surface area contributed by atoms with Crippen molar-refractivity contribution in [2.45, 2.75) is 34.1 Å². The van der Waals surface area contributed by atoms with Crippen molar-refractivity contribution in [1.29, 1.82) is 0 Å². The summed E-state index contributed by atoms with van der Waals surface area (Å²) in [5, 5.41) is 0. The smallest absolute Gasteiger partial charge is 0.144 e. The van der Waals surface area contributed by atoms with Crippen molar-refractivity contribution in [2.75, 3.05) is 32.7 Å². The maximum absolute atomic E-state index is 10.6. The fourth-order valence-corrected chi connectivity index (χ4v) is 1.87. The summed E-state index contributed by atoms with van der Waals surface area (Å²) in [7, 11) is 0. The Labute approximate surface area is 100 Å². The minimum atomic E-state index is 0.899. The summed E-state index contributed by atoms with van der Waals surface area (Å²) in [6.45, 7) is 13.7. The quantitative estimate of drug-likeness (QED) is 0.444. The second kappa shape index (κ2) is 9.40. The van der Waals surface area contributed by atoms with E-state index in [-0.39, 0.29) is 0 Å². The summed E-state index contributed by atoms with van der Waals surface area (Å²) in [5.41, 5.74) is 1.16. The van der Waals surface area contributed by atoms with Gasteiger partial charge in [0.25, 0.3) is 0 Å². The van der Waals surface area contributed by atoms with Gasteiger partial charge in [-0.15, -0.1) is 0 Å². The van der Waals surface area contributed by atoms with Crippen molar-refractivity contribution in [3.8, 4) is 0 Å². The van der Waals surface area contributed by atoms with Crippen LogP contribution in [-0.2, 0) is 4.79 Å². The summed E-state index contributed by atoms with van der Waals surface area (Å²) in [6.07, 6.45) is 3.56. The molecule has 0 N–H and O–H groups in total. The first-order valence-electron chi connectivity index (χ1n) is 6.34.